The lowest BCUT2D eigenvalue weighted by atomic mass is 10.1. The van der Waals surface area contributed by atoms with Crippen molar-refractivity contribution < 1.29 is 4.79 Å². The number of carbonyl (C=O) groups excluding carboxylic acids is 1. The van der Waals surface area contributed by atoms with E-state index >= 15 is 0 Å². The standard InChI is InChI=1S/C20H31N3O/c1-16-5-4-6-18(13-16)14-22-9-11-23(12-10-22)20(24)15-21(3)17(2)19-7-8-19/h4-6,13,17,19H,7-12,14-15H2,1-3H3. The number of piperazine rings is 1. The third-order valence-electron chi connectivity index (χ3n) is 5.60. The van der Waals surface area contributed by atoms with Crippen LogP contribution in [-0.2, 0) is 11.3 Å². The van der Waals surface area contributed by atoms with E-state index in [2.05, 4.69) is 55.0 Å². The maximum Gasteiger partial charge on any atom is 0.236 e. The molecule has 2 aliphatic rings. The lowest BCUT2D eigenvalue weighted by Gasteiger charge is -2.36. The predicted octanol–water partition coefficient (Wildman–Crippen LogP) is 2.37. The highest BCUT2D eigenvalue weighted by molar-refractivity contribution is 5.78. The Balaban J connectivity index is 1.43. The van der Waals surface area contributed by atoms with Gasteiger partial charge in [0.1, 0.15) is 0 Å². The second kappa shape index (κ2) is 7.66. The van der Waals surface area contributed by atoms with E-state index in [1.807, 2.05) is 4.90 Å². The van der Waals surface area contributed by atoms with Gasteiger partial charge in [-0.2, -0.15) is 0 Å². The van der Waals surface area contributed by atoms with Gasteiger partial charge >= 0.3 is 0 Å². The van der Waals surface area contributed by atoms with Gasteiger partial charge < -0.3 is 4.90 Å². The van der Waals surface area contributed by atoms with Crippen LogP contribution in [0.2, 0.25) is 0 Å². The van der Waals surface area contributed by atoms with Crippen LogP contribution in [0.4, 0.5) is 0 Å². The average molecular weight is 329 g/mol. The molecule has 3 rings (SSSR count). The fourth-order valence-electron chi connectivity index (χ4n) is 3.62. The summed E-state index contributed by atoms with van der Waals surface area (Å²) in [6.07, 6.45) is 2.66. The third kappa shape index (κ3) is 4.58. The summed E-state index contributed by atoms with van der Waals surface area (Å²) in [5, 5.41) is 0. The minimum Gasteiger partial charge on any atom is -0.339 e. The van der Waals surface area contributed by atoms with E-state index < -0.39 is 0 Å². The van der Waals surface area contributed by atoms with Gasteiger partial charge in [0.25, 0.3) is 0 Å². The molecular weight excluding hydrogens is 298 g/mol. The number of benzene rings is 1. The van der Waals surface area contributed by atoms with Crippen molar-refractivity contribution in [2.24, 2.45) is 5.92 Å². The molecule has 1 aromatic rings. The second-order valence-corrected chi connectivity index (χ2v) is 7.64. The quantitative estimate of drug-likeness (QED) is 0.802. The topological polar surface area (TPSA) is 26.8 Å². The summed E-state index contributed by atoms with van der Waals surface area (Å²) in [5.41, 5.74) is 2.68. The van der Waals surface area contributed by atoms with Gasteiger partial charge in [-0.25, -0.2) is 0 Å². The van der Waals surface area contributed by atoms with Crippen LogP contribution < -0.4 is 0 Å². The van der Waals surface area contributed by atoms with E-state index in [-0.39, 0.29) is 0 Å². The van der Waals surface area contributed by atoms with Gasteiger partial charge in [0.05, 0.1) is 6.54 Å². The summed E-state index contributed by atoms with van der Waals surface area (Å²) in [6, 6.07) is 9.25. The number of hydrogen-bond acceptors (Lipinski definition) is 3. The van der Waals surface area contributed by atoms with Crippen LogP contribution in [0, 0.1) is 12.8 Å². The van der Waals surface area contributed by atoms with Gasteiger partial charge in [0.15, 0.2) is 0 Å². The Morgan fingerprint density at radius 2 is 1.96 bits per heavy atom. The second-order valence-electron chi connectivity index (χ2n) is 7.64. The molecule has 1 atom stereocenters. The van der Waals surface area contributed by atoms with E-state index in [4.69, 9.17) is 0 Å². The Labute approximate surface area is 146 Å². The number of likely N-dealkylation sites (N-methyl/N-ethyl adjacent to an activating group) is 1. The highest BCUT2D eigenvalue weighted by Crippen LogP contribution is 2.34. The van der Waals surface area contributed by atoms with Gasteiger partial charge in [0, 0.05) is 38.8 Å². The van der Waals surface area contributed by atoms with Gasteiger partial charge in [-0.15, -0.1) is 0 Å². The molecule has 132 valence electrons. The number of rotatable bonds is 6. The van der Waals surface area contributed by atoms with Crippen LogP contribution >= 0.6 is 0 Å². The molecule has 0 N–H and O–H groups in total. The zero-order chi connectivity index (χ0) is 17.1. The lowest BCUT2D eigenvalue weighted by molar-refractivity contribution is -0.134. The zero-order valence-corrected chi connectivity index (χ0v) is 15.4. The predicted molar refractivity (Wildman–Crippen MR) is 97.9 cm³/mol. The fraction of sp³-hybridized carbons (Fsp3) is 0.650. The molecule has 0 aromatic heterocycles. The van der Waals surface area contributed by atoms with E-state index in [0.717, 1.165) is 38.6 Å². The van der Waals surface area contributed by atoms with Crippen molar-refractivity contribution >= 4 is 5.91 Å². The first-order valence-corrected chi connectivity index (χ1v) is 9.29. The van der Waals surface area contributed by atoms with E-state index in [9.17, 15) is 4.79 Å². The minimum absolute atomic E-state index is 0.292. The third-order valence-corrected chi connectivity index (χ3v) is 5.60. The normalized spacial score (nSPS) is 20.4. The monoisotopic (exact) mass is 329 g/mol. The number of hydrogen-bond donors (Lipinski definition) is 0. The Morgan fingerprint density at radius 1 is 1.25 bits per heavy atom. The largest absolute Gasteiger partial charge is 0.339 e. The average Bonchev–Trinajstić information content (AvgIpc) is 3.39. The molecule has 1 aliphatic heterocycles. The van der Waals surface area contributed by atoms with Crippen LogP contribution in [-0.4, -0.2) is 66.4 Å². The Hall–Kier alpha value is -1.39. The zero-order valence-electron chi connectivity index (χ0n) is 15.4. The van der Waals surface area contributed by atoms with Crippen molar-refractivity contribution in [3.8, 4) is 0 Å². The van der Waals surface area contributed by atoms with Crippen molar-refractivity contribution in [2.75, 3.05) is 39.8 Å². The van der Waals surface area contributed by atoms with Crippen molar-refractivity contribution in [3.63, 3.8) is 0 Å². The van der Waals surface area contributed by atoms with Crippen LogP contribution in [0.3, 0.4) is 0 Å². The van der Waals surface area contributed by atoms with Crippen LogP contribution in [0.5, 0.6) is 0 Å². The number of carbonyl (C=O) groups is 1. The first-order chi connectivity index (χ1) is 11.5. The molecule has 1 amide bonds. The number of nitrogens with zero attached hydrogens (tertiary/aromatic N) is 3. The minimum atomic E-state index is 0.292. The summed E-state index contributed by atoms with van der Waals surface area (Å²) in [6.45, 7) is 9.61. The Kier molecular flexibility index (Phi) is 5.57. The molecule has 1 unspecified atom stereocenters. The first kappa shape index (κ1) is 17.4. The summed E-state index contributed by atoms with van der Waals surface area (Å²) < 4.78 is 0. The van der Waals surface area contributed by atoms with Gasteiger partial charge in [-0.1, -0.05) is 29.8 Å². The van der Waals surface area contributed by atoms with E-state index in [0.29, 0.717) is 18.5 Å². The van der Waals surface area contributed by atoms with Crippen LogP contribution in [0.1, 0.15) is 30.9 Å². The molecule has 1 saturated heterocycles. The van der Waals surface area contributed by atoms with Gasteiger partial charge in [0.2, 0.25) is 5.91 Å². The molecule has 1 aliphatic carbocycles. The summed E-state index contributed by atoms with van der Waals surface area (Å²) in [5.74, 6) is 1.11. The Bertz CT molecular complexity index is 562. The maximum atomic E-state index is 12.5. The van der Waals surface area contributed by atoms with Crippen molar-refractivity contribution in [1.82, 2.24) is 14.7 Å². The fourth-order valence-corrected chi connectivity index (χ4v) is 3.62. The van der Waals surface area contributed by atoms with Crippen LogP contribution in [0.25, 0.3) is 0 Å². The maximum absolute atomic E-state index is 12.5. The smallest absolute Gasteiger partial charge is 0.236 e. The highest BCUT2D eigenvalue weighted by Gasteiger charge is 2.32. The van der Waals surface area contributed by atoms with Crippen molar-refractivity contribution in [2.45, 2.75) is 39.3 Å². The molecule has 0 spiro atoms. The SMILES string of the molecule is Cc1cccc(CN2CCN(C(=O)CN(C)C(C)C3CC3)CC2)c1. The molecule has 0 bridgehead atoms. The van der Waals surface area contributed by atoms with Crippen molar-refractivity contribution in [1.29, 1.82) is 0 Å². The summed E-state index contributed by atoms with van der Waals surface area (Å²) in [7, 11) is 2.09. The Morgan fingerprint density at radius 3 is 2.58 bits per heavy atom. The van der Waals surface area contributed by atoms with E-state index in [1.54, 1.807) is 0 Å². The summed E-state index contributed by atoms with van der Waals surface area (Å²) in [4.78, 5) is 19.3. The van der Waals surface area contributed by atoms with Crippen LogP contribution in [0.15, 0.2) is 24.3 Å². The molecule has 24 heavy (non-hydrogen) atoms. The molecule has 4 nitrogen and oxygen atoms in total. The number of amides is 1. The van der Waals surface area contributed by atoms with Gasteiger partial charge in [-0.05, 0) is 45.2 Å². The molecular formula is C20H31N3O. The lowest BCUT2D eigenvalue weighted by Crippen LogP contribution is -2.51. The first-order valence-electron chi connectivity index (χ1n) is 9.29. The molecule has 1 heterocycles. The van der Waals surface area contributed by atoms with E-state index in [1.165, 1.54) is 24.0 Å². The van der Waals surface area contributed by atoms with Crippen molar-refractivity contribution in [3.05, 3.63) is 35.4 Å². The molecule has 2 fully saturated rings. The number of aryl methyl sites for hydroxylation is 1. The molecule has 1 saturated carbocycles. The highest BCUT2D eigenvalue weighted by atomic mass is 16.2. The molecule has 4 heteroatoms. The molecule has 0 radical (unpaired) electrons. The summed E-state index contributed by atoms with van der Waals surface area (Å²) >= 11 is 0. The molecule has 1 aromatic carbocycles. The van der Waals surface area contributed by atoms with Gasteiger partial charge in [-0.3, -0.25) is 14.6 Å².